The molecule has 1 aliphatic heterocycles. The lowest BCUT2D eigenvalue weighted by Crippen LogP contribution is -2.37. The van der Waals surface area contributed by atoms with Crippen molar-refractivity contribution < 1.29 is 4.74 Å². The minimum Gasteiger partial charge on any atom is -0.384 e. The first-order chi connectivity index (χ1) is 14.2. The lowest BCUT2D eigenvalue weighted by molar-refractivity contribution is 0.122. The van der Waals surface area contributed by atoms with Crippen molar-refractivity contribution >= 4 is 17.7 Å². The molecule has 0 spiro atoms. The largest absolute Gasteiger partial charge is 0.384 e. The standard InChI is InChI=1S/C20H24N8O/c1-14-12-17(21)24-13-16(14)18-25-19(23-7-4-15-2-5-22-6-3-15)27-20(26-18)28-8-10-29-11-9-28/h2-3,5-6,12-13H,4,7-11H2,1H3,(H2,21,24)(H,23,25,26,27). The summed E-state index contributed by atoms with van der Waals surface area (Å²) in [5.41, 5.74) is 8.82. The van der Waals surface area contributed by atoms with Gasteiger partial charge in [-0.05, 0) is 42.7 Å². The molecule has 4 rings (SSSR count). The van der Waals surface area contributed by atoms with Crippen LogP contribution in [0.5, 0.6) is 0 Å². The molecular weight excluding hydrogens is 368 g/mol. The van der Waals surface area contributed by atoms with E-state index in [1.165, 1.54) is 5.56 Å². The fourth-order valence-corrected chi connectivity index (χ4v) is 3.15. The molecule has 1 fully saturated rings. The second-order valence-electron chi connectivity index (χ2n) is 6.84. The SMILES string of the molecule is Cc1cc(N)ncc1-c1nc(NCCc2ccncc2)nc(N2CCOCC2)n1. The van der Waals surface area contributed by atoms with Crippen LogP contribution in [0.3, 0.4) is 0 Å². The number of morpholine rings is 1. The van der Waals surface area contributed by atoms with E-state index < -0.39 is 0 Å². The van der Waals surface area contributed by atoms with E-state index in [1.54, 1.807) is 18.6 Å². The molecule has 9 nitrogen and oxygen atoms in total. The Morgan fingerprint density at radius 3 is 2.69 bits per heavy atom. The lowest BCUT2D eigenvalue weighted by atomic mass is 10.1. The highest BCUT2D eigenvalue weighted by Gasteiger charge is 2.18. The van der Waals surface area contributed by atoms with Gasteiger partial charge in [-0.25, -0.2) is 4.98 Å². The van der Waals surface area contributed by atoms with Crippen molar-refractivity contribution in [2.24, 2.45) is 0 Å². The van der Waals surface area contributed by atoms with Crippen molar-refractivity contribution in [3.8, 4) is 11.4 Å². The van der Waals surface area contributed by atoms with E-state index >= 15 is 0 Å². The first-order valence-corrected chi connectivity index (χ1v) is 9.63. The second kappa shape index (κ2) is 8.78. The summed E-state index contributed by atoms with van der Waals surface area (Å²) in [6.45, 7) is 5.50. The number of nitrogen functional groups attached to an aromatic ring is 1. The summed E-state index contributed by atoms with van der Waals surface area (Å²) in [4.78, 5) is 24.4. The maximum absolute atomic E-state index is 5.80. The maximum atomic E-state index is 5.80. The average Bonchev–Trinajstić information content (AvgIpc) is 2.75. The molecule has 3 aromatic rings. The zero-order valence-corrected chi connectivity index (χ0v) is 16.4. The molecule has 29 heavy (non-hydrogen) atoms. The Bertz CT molecular complexity index is 960. The minimum atomic E-state index is 0.476. The Balaban J connectivity index is 1.60. The van der Waals surface area contributed by atoms with Crippen molar-refractivity contribution in [1.82, 2.24) is 24.9 Å². The van der Waals surface area contributed by atoms with Crippen LogP contribution >= 0.6 is 0 Å². The molecule has 0 radical (unpaired) electrons. The number of rotatable bonds is 6. The topological polar surface area (TPSA) is 115 Å². The number of aromatic nitrogens is 5. The minimum absolute atomic E-state index is 0.476. The average molecular weight is 392 g/mol. The molecule has 0 amide bonds. The monoisotopic (exact) mass is 392 g/mol. The summed E-state index contributed by atoms with van der Waals surface area (Å²) in [5.74, 6) is 2.24. The molecule has 3 N–H and O–H groups in total. The summed E-state index contributed by atoms with van der Waals surface area (Å²) in [5, 5.41) is 3.33. The van der Waals surface area contributed by atoms with Gasteiger partial charge >= 0.3 is 0 Å². The van der Waals surface area contributed by atoms with Gasteiger partial charge in [0.2, 0.25) is 11.9 Å². The zero-order valence-electron chi connectivity index (χ0n) is 16.4. The van der Waals surface area contributed by atoms with Gasteiger partial charge in [0.05, 0.1) is 13.2 Å². The summed E-state index contributed by atoms with van der Waals surface area (Å²) in [6, 6.07) is 5.83. The quantitative estimate of drug-likeness (QED) is 0.647. The van der Waals surface area contributed by atoms with E-state index in [-0.39, 0.29) is 0 Å². The van der Waals surface area contributed by atoms with Crippen LogP contribution in [0.15, 0.2) is 36.8 Å². The van der Waals surface area contributed by atoms with Gasteiger partial charge in [-0.2, -0.15) is 15.0 Å². The third-order valence-corrected chi connectivity index (χ3v) is 4.74. The molecular formula is C20H24N8O. The smallest absolute Gasteiger partial charge is 0.230 e. The molecule has 0 aliphatic carbocycles. The molecule has 0 bridgehead atoms. The van der Waals surface area contributed by atoms with Crippen LogP contribution in [-0.2, 0) is 11.2 Å². The molecule has 1 saturated heterocycles. The molecule has 150 valence electrons. The Labute approximate surface area is 169 Å². The van der Waals surface area contributed by atoms with Gasteiger partial charge in [0.25, 0.3) is 0 Å². The Morgan fingerprint density at radius 2 is 1.93 bits per heavy atom. The highest BCUT2D eigenvalue weighted by molar-refractivity contribution is 5.63. The van der Waals surface area contributed by atoms with Gasteiger partial charge in [0.1, 0.15) is 5.82 Å². The highest BCUT2D eigenvalue weighted by Crippen LogP contribution is 2.23. The van der Waals surface area contributed by atoms with Gasteiger partial charge in [-0.15, -0.1) is 0 Å². The van der Waals surface area contributed by atoms with E-state index in [0.717, 1.165) is 30.6 Å². The predicted octanol–water partition coefficient (Wildman–Crippen LogP) is 1.71. The summed E-state index contributed by atoms with van der Waals surface area (Å²) < 4.78 is 5.46. The molecule has 9 heteroatoms. The van der Waals surface area contributed by atoms with Gasteiger partial charge in [0, 0.05) is 43.8 Å². The Morgan fingerprint density at radius 1 is 1.14 bits per heavy atom. The van der Waals surface area contributed by atoms with Crippen molar-refractivity contribution in [3.05, 3.63) is 47.9 Å². The normalized spacial score (nSPS) is 14.0. The molecule has 0 atom stereocenters. The van der Waals surface area contributed by atoms with Crippen LogP contribution in [0.2, 0.25) is 0 Å². The summed E-state index contributed by atoms with van der Waals surface area (Å²) in [6.07, 6.45) is 6.15. The first kappa shape index (κ1) is 19.0. The Hall–Kier alpha value is -3.33. The molecule has 3 aromatic heterocycles. The molecule has 1 aliphatic rings. The Kier molecular flexibility index (Phi) is 5.76. The van der Waals surface area contributed by atoms with Crippen LogP contribution in [0.25, 0.3) is 11.4 Å². The molecule has 0 saturated carbocycles. The third-order valence-electron chi connectivity index (χ3n) is 4.74. The number of nitrogens with zero attached hydrogens (tertiary/aromatic N) is 6. The van der Waals surface area contributed by atoms with Crippen LogP contribution in [0.1, 0.15) is 11.1 Å². The molecule has 4 heterocycles. The first-order valence-electron chi connectivity index (χ1n) is 9.63. The van der Waals surface area contributed by atoms with E-state index in [2.05, 4.69) is 30.2 Å². The van der Waals surface area contributed by atoms with Crippen molar-refractivity contribution in [2.45, 2.75) is 13.3 Å². The second-order valence-corrected chi connectivity index (χ2v) is 6.84. The van der Waals surface area contributed by atoms with Crippen LogP contribution in [0.4, 0.5) is 17.7 Å². The molecule has 0 aromatic carbocycles. The summed E-state index contributed by atoms with van der Waals surface area (Å²) >= 11 is 0. The fourth-order valence-electron chi connectivity index (χ4n) is 3.15. The number of aryl methyl sites for hydroxylation is 1. The number of ether oxygens (including phenoxy) is 1. The van der Waals surface area contributed by atoms with Crippen LogP contribution in [0, 0.1) is 6.92 Å². The zero-order chi connectivity index (χ0) is 20.1. The van der Waals surface area contributed by atoms with E-state index in [4.69, 9.17) is 15.5 Å². The number of nitrogens with one attached hydrogen (secondary N) is 1. The van der Waals surface area contributed by atoms with Crippen molar-refractivity contribution in [1.29, 1.82) is 0 Å². The van der Waals surface area contributed by atoms with Gasteiger partial charge in [-0.1, -0.05) is 0 Å². The number of pyridine rings is 2. The van der Waals surface area contributed by atoms with Gasteiger partial charge < -0.3 is 20.7 Å². The van der Waals surface area contributed by atoms with Crippen LogP contribution < -0.4 is 16.0 Å². The van der Waals surface area contributed by atoms with Crippen molar-refractivity contribution in [2.75, 3.05) is 48.8 Å². The number of hydrogen-bond acceptors (Lipinski definition) is 9. The van der Waals surface area contributed by atoms with Crippen molar-refractivity contribution in [3.63, 3.8) is 0 Å². The van der Waals surface area contributed by atoms with E-state index in [1.807, 2.05) is 25.1 Å². The number of nitrogens with two attached hydrogens (primary N) is 1. The van der Waals surface area contributed by atoms with E-state index in [0.29, 0.717) is 43.3 Å². The van der Waals surface area contributed by atoms with Gasteiger partial charge in [0.15, 0.2) is 5.82 Å². The fraction of sp³-hybridized carbons (Fsp3) is 0.350. The van der Waals surface area contributed by atoms with Gasteiger partial charge in [-0.3, -0.25) is 4.98 Å². The number of anilines is 3. The van der Waals surface area contributed by atoms with Crippen LogP contribution in [-0.4, -0.2) is 57.8 Å². The predicted molar refractivity (Wildman–Crippen MR) is 112 cm³/mol. The summed E-state index contributed by atoms with van der Waals surface area (Å²) in [7, 11) is 0. The maximum Gasteiger partial charge on any atom is 0.230 e. The molecule has 0 unspecified atom stereocenters. The third kappa shape index (κ3) is 4.75. The van der Waals surface area contributed by atoms with E-state index in [9.17, 15) is 0 Å². The number of hydrogen-bond donors (Lipinski definition) is 2. The lowest BCUT2D eigenvalue weighted by Gasteiger charge is -2.27. The highest BCUT2D eigenvalue weighted by atomic mass is 16.5.